The van der Waals surface area contributed by atoms with Crippen molar-refractivity contribution in [2.75, 3.05) is 19.8 Å². The molecule has 0 aliphatic carbocycles. The molecule has 0 saturated carbocycles. The van der Waals surface area contributed by atoms with Gasteiger partial charge in [-0.15, -0.1) is 0 Å². The minimum absolute atomic E-state index is 0.0119. The van der Waals surface area contributed by atoms with Gasteiger partial charge in [0.25, 0.3) is 0 Å². The summed E-state index contributed by atoms with van der Waals surface area (Å²) in [5.41, 5.74) is 6.45. The summed E-state index contributed by atoms with van der Waals surface area (Å²) < 4.78 is 46.0. The number of hydrogen-bond donors (Lipinski definition) is 1. The molecule has 0 spiro atoms. The van der Waals surface area contributed by atoms with E-state index in [4.69, 9.17) is 10.5 Å². The monoisotopic (exact) mass is 341 g/mol. The fourth-order valence-corrected chi connectivity index (χ4v) is 1.86. The minimum Gasteiger partial charge on any atom is -0.492 e. The van der Waals surface area contributed by atoms with E-state index in [1.165, 1.54) is 0 Å². The molecule has 2 N–H and O–H groups in total. The molecule has 0 atom stereocenters. The lowest BCUT2D eigenvalue weighted by Crippen LogP contribution is -2.18. The lowest BCUT2D eigenvalue weighted by molar-refractivity contribution is -0.174. The average Bonchev–Trinajstić information content (AvgIpc) is 2.33. The number of alkyl halides is 3. The third kappa shape index (κ3) is 6.79. The topological polar surface area (TPSA) is 44.5 Å². The Bertz CT molecular complexity index is 399. The summed E-state index contributed by atoms with van der Waals surface area (Å²) in [6.45, 7) is -0.484. The van der Waals surface area contributed by atoms with Gasteiger partial charge in [0.2, 0.25) is 0 Å². The molecule has 0 bridgehead atoms. The number of ether oxygens (including phenoxy) is 2. The highest BCUT2D eigenvalue weighted by molar-refractivity contribution is 9.10. The van der Waals surface area contributed by atoms with Crippen LogP contribution >= 0.6 is 15.9 Å². The van der Waals surface area contributed by atoms with Crippen LogP contribution in [0.2, 0.25) is 0 Å². The Labute approximate surface area is 118 Å². The van der Waals surface area contributed by atoms with Crippen LogP contribution in [0.5, 0.6) is 5.75 Å². The van der Waals surface area contributed by atoms with Gasteiger partial charge in [0, 0.05) is 13.0 Å². The third-order valence-corrected chi connectivity index (χ3v) is 2.81. The third-order valence-electron chi connectivity index (χ3n) is 2.19. The molecule has 0 radical (unpaired) electrons. The van der Waals surface area contributed by atoms with Gasteiger partial charge in [0.1, 0.15) is 12.4 Å². The van der Waals surface area contributed by atoms with E-state index < -0.39 is 12.8 Å². The predicted octanol–water partition coefficient (Wildman–Crippen LogP) is 3.26. The van der Waals surface area contributed by atoms with E-state index in [0.29, 0.717) is 25.3 Å². The summed E-state index contributed by atoms with van der Waals surface area (Å²) in [5, 5.41) is 0. The van der Waals surface area contributed by atoms with Crippen LogP contribution in [0.25, 0.3) is 0 Å². The normalized spacial score (nSPS) is 11.6. The highest BCUT2D eigenvalue weighted by Crippen LogP contribution is 2.26. The molecule has 1 aromatic rings. The van der Waals surface area contributed by atoms with Crippen LogP contribution in [0.1, 0.15) is 12.0 Å². The first kappa shape index (κ1) is 16.3. The van der Waals surface area contributed by atoms with E-state index >= 15 is 0 Å². The molecule has 0 heterocycles. The largest absolute Gasteiger partial charge is 0.492 e. The van der Waals surface area contributed by atoms with Crippen molar-refractivity contribution in [3.05, 3.63) is 28.2 Å². The van der Waals surface area contributed by atoms with E-state index in [2.05, 4.69) is 20.7 Å². The molecule has 108 valence electrons. The Morgan fingerprint density at radius 3 is 2.53 bits per heavy atom. The standard InChI is InChI=1S/C12H15BrF3NO2/c13-10-6-9(7-17)2-3-11(10)19-5-1-4-18-8-12(14,15)16/h2-3,6H,1,4-5,7-8,17H2. The smallest absolute Gasteiger partial charge is 0.411 e. The molecule has 0 aromatic heterocycles. The van der Waals surface area contributed by atoms with Crippen LogP contribution in [0.15, 0.2) is 22.7 Å². The van der Waals surface area contributed by atoms with Gasteiger partial charge in [-0.3, -0.25) is 0 Å². The van der Waals surface area contributed by atoms with E-state index in [9.17, 15) is 13.2 Å². The lowest BCUT2D eigenvalue weighted by Gasteiger charge is -2.10. The highest BCUT2D eigenvalue weighted by Gasteiger charge is 2.27. The fraction of sp³-hybridized carbons (Fsp3) is 0.500. The number of halogens is 4. The van der Waals surface area contributed by atoms with Crippen LogP contribution in [0.3, 0.4) is 0 Å². The van der Waals surface area contributed by atoms with Crippen molar-refractivity contribution in [1.29, 1.82) is 0 Å². The predicted molar refractivity (Wildman–Crippen MR) is 69.0 cm³/mol. The van der Waals surface area contributed by atoms with Gasteiger partial charge < -0.3 is 15.2 Å². The molecular weight excluding hydrogens is 327 g/mol. The second-order valence-electron chi connectivity index (χ2n) is 3.84. The summed E-state index contributed by atoms with van der Waals surface area (Å²) in [7, 11) is 0. The van der Waals surface area contributed by atoms with Crippen molar-refractivity contribution in [3.63, 3.8) is 0 Å². The highest BCUT2D eigenvalue weighted by atomic mass is 79.9. The molecular formula is C12H15BrF3NO2. The number of rotatable bonds is 7. The SMILES string of the molecule is NCc1ccc(OCCCOCC(F)(F)F)c(Br)c1. The summed E-state index contributed by atoms with van der Waals surface area (Å²) in [5.74, 6) is 0.632. The lowest BCUT2D eigenvalue weighted by atomic mass is 10.2. The summed E-state index contributed by atoms with van der Waals surface area (Å²) >= 11 is 3.34. The zero-order chi connectivity index (χ0) is 14.3. The summed E-state index contributed by atoms with van der Waals surface area (Å²) in [4.78, 5) is 0. The summed E-state index contributed by atoms with van der Waals surface area (Å²) in [6, 6.07) is 5.44. The minimum atomic E-state index is -4.28. The number of hydrogen-bond acceptors (Lipinski definition) is 3. The van der Waals surface area contributed by atoms with E-state index in [1.54, 1.807) is 6.07 Å². The van der Waals surface area contributed by atoms with Gasteiger partial charge in [-0.1, -0.05) is 6.07 Å². The van der Waals surface area contributed by atoms with Crippen LogP contribution in [-0.2, 0) is 11.3 Å². The van der Waals surface area contributed by atoms with Gasteiger partial charge in [0.05, 0.1) is 17.7 Å². The molecule has 1 aromatic carbocycles. The first-order chi connectivity index (χ1) is 8.92. The number of nitrogens with two attached hydrogens (primary N) is 1. The van der Waals surface area contributed by atoms with Crippen molar-refractivity contribution in [2.45, 2.75) is 19.1 Å². The van der Waals surface area contributed by atoms with Crippen molar-refractivity contribution in [1.82, 2.24) is 0 Å². The zero-order valence-electron chi connectivity index (χ0n) is 10.2. The molecule has 0 aliphatic heterocycles. The van der Waals surface area contributed by atoms with Crippen LogP contribution < -0.4 is 10.5 Å². The van der Waals surface area contributed by atoms with Gasteiger partial charge in [0.15, 0.2) is 0 Å². The molecule has 0 aliphatic rings. The first-order valence-electron chi connectivity index (χ1n) is 5.68. The average molecular weight is 342 g/mol. The van der Waals surface area contributed by atoms with Gasteiger partial charge in [-0.25, -0.2) is 0 Å². The molecule has 3 nitrogen and oxygen atoms in total. The Morgan fingerprint density at radius 1 is 1.21 bits per heavy atom. The van der Waals surface area contributed by atoms with Crippen LogP contribution in [0.4, 0.5) is 13.2 Å². The molecule has 0 unspecified atom stereocenters. The second kappa shape index (κ2) is 7.72. The molecule has 7 heteroatoms. The summed E-state index contributed by atoms with van der Waals surface area (Å²) in [6.07, 6.45) is -3.89. The maximum absolute atomic E-state index is 11.8. The maximum atomic E-state index is 11.8. The van der Waals surface area contributed by atoms with E-state index in [1.807, 2.05) is 12.1 Å². The van der Waals surface area contributed by atoms with Gasteiger partial charge in [-0.05, 0) is 33.6 Å². The molecule has 0 fully saturated rings. The van der Waals surface area contributed by atoms with Crippen LogP contribution in [0, 0.1) is 0 Å². The Hall–Kier alpha value is -0.790. The van der Waals surface area contributed by atoms with E-state index in [0.717, 1.165) is 10.0 Å². The first-order valence-corrected chi connectivity index (χ1v) is 6.47. The van der Waals surface area contributed by atoms with E-state index in [-0.39, 0.29) is 6.61 Å². The molecule has 0 amide bonds. The van der Waals surface area contributed by atoms with Gasteiger partial charge >= 0.3 is 6.18 Å². The Kier molecular flexibility index (Phi) is 6.60. The van der Waals surface area contributed by atoms with Crippen molar-refractivity contribution < 1.29 is 22.6 Å². The molecule has 0 saturated heterocycles. The molecule has 1 rings (SSSR count). The van der Waals surface area contributed by atoms with Crippen molar-refractivity contribution in [3.8, 4) is 5.75 Å². The van der Waals surface area contributed by atoms with Crippen molar-refractivity contribution >= 4 is 15.9 Å². The second-order valence-corrected chi connectivity index (χ2v) is 4.69. The maximum Gasteiger partial charge on any atom is 0.411 e. The number of benzene rings is 1. The fourth-order valence-electron chi connectivity index (χ4n) is 1.32. The quantitative estimate of drug-likeness (QED) is 0.774. The Balaban J connectivity index is 2.23. The van der Waals surface area contributed by atoms with Gasteiger partial charge in [-0.2, -0.15) is 13.2 Å². The zero-order valence-corrected chi connectivity index (χ0v) is 11.8. The van der Waals surface area contributed by atoms with Crippen LogP contribution in [-0.4, -0.2) is 26.0 Å². The Morgan fingerprint density at radius 2 is 1.95 bits per heavy atom. The molecule has 19 heavy (non-hydrogen) atoms. The van der Waals surface area contributed by atoms with Crippen molar-refractivity contribution in [2.24, 2.45) is 5.73 Å².